The second-order valence-corrected chi connectivity index (χ2v) is 10.5. The topological polar surface area (TPSA) is 142 Å². The fraction of sp³-hybridized carbons (Fsp3) is 0. The van der Waals surface area contributed by atoms with Gasteiger partial charge >= 0.3 is 0 Å². The Kier molecular flexibility index (Phi) is 7.84. The zero-order valence-electron chi connectivity index (χ0n) is 25.0. The number of nitriles is 2. The molecule has 0 spiro atoms. The minimum absolute atomic E-state index is 0.492. The predicted molar refractivity (Wildman–Crippen MR) is 179 cm³/mol. The first-order valence-electron chi connectivity index (χ1n) is 14.6. The zero-order chi connectivity index (χ0) is 32.9. The summed E-state index contributed by atoms with van der Waals surface area (Å²) in [6.07, 6.45) is 10.0. The molecule has 10 nitrogen and oxygen atoms in total. The fourth-order valence-corrected chi connectivity index (χ4v) is 5.01. The summed E-state index contributed by atoms with van der Waals surface area (Å²) >= 11 is 0. The van der Waals surface area contributed by atoms with E-state index >= 15 is 0 Å². The molecule has 0 aliphatic carbocycles. The van der Waals surface area contributed by atoms with Crippen LogP contribution in [0, 0.1) is 29.2 Å². The summed E-state index contributed by atoms with van der Waals surface area (Å²) in [5.74, 6) is 0. The molecule has 0 unspecified atom stereocenters. The highest BCUT2D eigenvalue weighted by molar-refractivity contribution is 5.77. The number of pyridine rings is 7. The third kappa shape index (κ3) is 6.07. The van der Waals surface area contributed by atoms with E-state index in [1.54, 1.807) is 73.6 Å². The van der Waals surface area contributed by atoms with Gasteiger partial charge in [0.15, 0.2) is 5.69 Å². The van der Waals surface area contributed by atoms with E-state index in [1.807, 2.05) is 48.5 Å². The van der Waals surface area contributed by atoms with E-state index in [2.05, 4.69) is 46.9 Å². The van der Waals surface area contributed by atoms with Gasteiger partial charge in [-0.05, 0) is 84.4 Å². The van der Waals surface area contributed by atoms with Crippen molar-refractivity contribution in [2.45, 2.75) is 0 Å². The zero-order valence-corrected chi connectivity index (χ0v) is 25.0. The molecule has 7 aromatic heterocycles. The maximum atomic E-state index is 9.29. The quantitative estimate of drug-likeness (QED) is 0.171. The van der Waals surface area contributed by atoms with Gasteiger partial charge < -0.3 is 0 Å². The van der Waals surface area contributed by atoms with Gasteiger partial charge in [-0.25, -0.2) is 9.83 Å². The highest BCUT2D eigenvalue weighted by Crippen LogP contribution is 2.32. The Hall–Kier alpha value is -7.48. The van der Waals surface area contributed by atoms with Crippen LogP contribution in [0.25, 0.3) is 72.7 Å². The van der Waals surface area contributed by atoms with Crippen LogP contribution in [0.2, 0.25) is 0 Å². The van der Waals surface area contributed by atoms with Gasteiger partial charge in [0.1, 0.15) is 0 Å². The Labute approximate surface area is 275 Å². The Morgan fingerprint density at radius 2 is 0.896 bits per heavy atom. The average molecular weight is 617 g/mol. The molecule has 0 radical (unpaired) electrons. The van der Waals surface area contributed by atoms with Crippen molar-refractivity contribution in [2.24, 2.45) is 0 Å². The highest BCUT2D eigenvalue weighted by Gasteiger charge is 2.13. The van der Waals surface area contributed by atoms with Crippen LogP contribution in [-0.2, 0) is 0 Å². The summed E-state index contributed by atoms with van der Waals surface area (Å²) in [4.78, 5) is 35.5. The van der Waals surface area contributed by atoms with Crippen molar-refractivity contribution in [3.05, 3.63) is 145 Å². The number of rotatable bonds is 6. The first kappa shape index (κ1) is 29.2. The van der Waals surface area contributed by atoms with Gasteiger partial charge in [0.2, 0.25) is 0 Å². The molecule has 0 aliphatic rings. The van der Waals surface area contributed by atoms with Gasteiger partial charge in [0.05, 0.1) is 75.4 Å². The lowest BCUT2D eigenvalue weighted by atomic mass is 10.0. The molecule has 7 heterocycles. The summed E-state index contributed by atoms with van der Waals surface area (Å²) < 4.78 is 0. The molecule has 10 heteroatoms. The van der Waals surface area contributed by atoms with E-state index in [4.69, 9.17) is 11.6 Å². The molecule has 0 aromatic carbocycles. The summed E-state index contributed by atoms with van der Waals surface area (Å²) in [5, 5.41) is 18.6. The summed E-state index contributed by atoms with van der Waals surface area (Å²) in [6, 6.07) is 29.7. The van der Waals surface area contributed by atoms with E-state index in [9.17, 15) is 10.5 Å². The fourth-order valence-electron chi connectivity index (χ4n) is 5.01. The van der Waals surface area contributed by atoms with Crippen molar-refractivity contribution in [2.75, 3.05) is 0 Å². The molecule has 0 N–H and O–H groups in total. The van der Waals surface area contributed by atoms with Crippen LogP contribution in [0.1, 0.15) is 11.1 Å². The van der Waals surface area contributed by atoms with Gasteiger partial charge in [0, 0.05) is 53.9 Å². The molecule has 0 aliphatic heterocycles. The lowest BCUT2D eigenvalue weighted by Gasteiger charge is -2.11. The third-order valence-electron chi connectivity index (χ3n) is 7.48. The van der Waals surface area contributed by atoms with Crippen molar-refractivity contribution < 1.29 is 0 Å². The number of hydrogen-bond acceptors (Lipinski definition) is 9. The van der Waals surface area contributed by atoms with Gasteiger partial charge in [-0.15, -0.1) is 0 Å². The van der Waals surface area contributed by atoms with Crippen LogP contribution in [0.15, 0.2) is 122 Å². The third-order valence-corrected chi connectivity index (χ3v) is 7.48. The highest BCUT2D eigenvalue weighted by atomic mass is 14.8. The second-order valence-electron chi connectivity index (χ2n) is 10.5. The van der Waals surface area contributed by atoms with Crippen LogP contribution >= 0.6 is 0 Å². The van der Waals surface area contributed by atoms with E-state index in [0.29, 0.717) is 62.4 Å². The molecule has 0 bridgehead atoms. The molecule has 0 saturated heterocycles. The van der Waals surface area contributed by atoms with Gasteiger partial charge in [0.25, 0.3) is 0 Å². The Balaban J connectivity index is 1.28. The molecule has 0 amide bonds. The molecule has 0 atom stereocenters. The van der Waals surface area contributed by atoms with Crippen LogP contribution in [0.5, 0.6) is 0 Å². The second kappa shape index (κ2) is 12.9. The first-order chi connectivity index (χ1) is 23.6. The SMILES string of the molecule is [C-]#[N+]c1ccnc(-c2ccc(-c3cc(-c4ccc(-c5cc(C#N)ccn5)nc4)cc(-c4ccc(-c5cc(C#N)ccn5)nc4)n3)cn2)c1. The molecule has 48 heavy (non-hydrogen) atoms. The van der Waals surface area contributed by atoms with Gasteiger partial charge in [-0.2, -0.15) is 10.5 Å². The van der Waals surface area contributed by atoms with Gasteiger partial charge in [-0.3, -0.25) is 29.9 Å². The Morgan fingerprint density at radius 3 is 1.33 bits per heavy atom. The Bertz CT molecular complexity index is 2130. The van der Waals surface area contributed by atoms with Crippen molar-refractivity contribution in [1.82, 2.24) is 34.9 Å². The minimum Gasteiger partial charge on any atom is -0.257 e. The molecule has 222 valence electrons. The van der Waals surface area contributed by atoms with Crippen molar-refractivity contribution in [3.63, 3.8) is 0 Å². The van der Waals surface area contributed by atoms with E-state index in [0.717, 1.165) is 22.3 Å². The number of aromatic nitrogens is 7. The first-order valence-corrected chi connectivity index (χ1v) is 14.6. The lowest BCUT2D eigenvalue weighted by molar-refractivity contribution is 1.22. The normalized spacial score (nSPS) is 10.4. The van der Waals surface area contributed by atoms with E-state index in [1.165, 1.54) is 0 Å². The van der Waals surface area contributed by atoms with Crippen LogP contribution < -0.4 is 0 Å². The van der Waals surface area contributed by atoms with Crippen molar-refractivity contribution in [3.8, 4) is 79.9 Å². The van der Waals surface area contributed by atoms with Gasteiger partial charge in [-0.1, -0.05) is 6.07 Å². The molecule has 7 rings (SSSR count). The summed E-state index contributed by atoms with van der Waals surface area (Å²) in [7, 11) is 0. The summed E-state index contributed by atoms with van der Waals surface area (Å²) in [6.45, 7) is 7.31. The smallest absolute Gasteiger partial charge is 0.190 e. The molecule has 7 aromatic rings. The van der Waals surface area contributed by atoms with E-state index < -0.39 is 0 Å². The summed E-state index contributed by atoms with van der Waals surface area (Å²) in [5.41, 5.74) is 9.92. The maximum absolute atomic E-state index is 9.29. The van der Waals surface area contributed by atoms with Crippen LogP contribution in [0.4, 0.5) is 5.69 Å². The maximum Gasteiger partial charge on any atom is 0.190 e. The molecular formula is C38H20N10. The largest absolute Gasteiger partial charge is 0.257 e. The van der Waals surface area contributed by atoms with E-state index in [-0.39, 0.29) is 0 Å². The minimum atomic E-state index is 0.492. The Morgan fingerprint density at radius 1 is 0.438 bits per heavy atom. The predicted octanol–water partition coefficient (Wildman–Crippen LogP) is 7.75. The number of nitrogens with zero attached hydrogens (tertiary/aromatic N) is 10. The molecular weight excluding hydrogens is 596 g/mol. The van der Waals surface area contributed by atoms with Crippen LogP contribution in [-0.4, -0.2) is 34.9 Å². The lowest BCUT2D eigenvalue weighted by Crippen LogP contribution is -1.95. The molecule has 0 saturated carbocycles. The van der Waals surface area contributed by atoms with Crippen molar-refractivity contribution >= 4 is 5.69 Å². The standard InChI is InChI=1S/C38H20N10/c1-41-30-10-13-44-38(18-30)33-7-4-28(23-47-33)35-17-29(26-2-5-31(45-21-26)36-14-24(19-39)8-11-42-36)16-34(48-35)27-3-6-32(46-22-27)37-15-25(20-40)9-12-43-37/h2-18,21-23H. The van der Waals surface area contributed by atoms with Crippen molar-refractivity contribution in [1.29, 1.82) is 10.5 Å². The average Bonchev–Trinajstić information content (AvgIpc) is 3.18. The van der Waals surface area contributed by atoms with Crippen LogP contribution in [0.3, 0.4) is 0 Å². The molecule has 0 fully saturated rings. The monoisotopic (exact) mass is 616 g/mol. The number of hydrogen-bond donors (Lipinski definition) is 0.